The van der Waals surface area contributed by atoms with Crippen LogP contribution in [-0.2, 0) is 11.8 Å². The van der Waals surface area contributed by atoms with E-state index >= 15 is 0 Å². The van der Waals surface area contributed by atoms with Gasteiger partial charge in [-0.3, -0.25) is 9.78 Å². The van der Waals surface area contributed by atoms with Gasteiger partial charge >= 0.3 is 0 Å². The summed E-state index contributed by atoms with van der Waals surface area (Å²) < 4.78 is 7.29. The van der Waals surface area contributed by atoms with Crippen LogP contribution in [0, 0.1) is 0 Å². The van der Waals surface area contributed by atoms with Crippen molar-refractivity contribution in [3.8, 4) is 22.6 Å². The van der Waals surface area contributed by atoms with Crippen molar-refractivity contribution in [1.29, 1.82) is 0 Å². The normalized spacial score (nSPS) is 14.8. The highest BCUT2D eigenvalue weighted by molar-refractivity contribution is 5.94. The Kier molecular flexibility index (Phi) is 3.83. The maximum atomic E-state index is 5.43. The van der Waals surface area contributed by atoms with E-state index in [2.05, 4.69) is 42.3 Å². The Morgan fingerprint density at radius 3 is 2.78 bits per heavy atom. The van der Waals surface area contributed by atoms with Gasteiger partial charge in [0.2, 0.25) is 0 Å². The minimum atomic E-state index is 0.721. The van der Waals surface area contributed by atoms with E-state index in [1.54, 1.807) is 12.5 Å². The van der Waals surface area contributed by atoms with Crippen molar-refractivity contribution < 1.29 is 4.74 Å². The molecule has 0 aliphatic carbocycles. The second-order valence-corrected chi connectivity index (χ2v) is 6.53. The molecule has 1 aliphatic heterocycles. The average molecular weight is 361 g/mol. The number of nitrogens with zero attached hydrogens (tertiary/aromatic N) is 6. The van der Waals surface area contributed by atoms with Crippen LogP contribution < -0.4 is 4.90 Å². The van der Waals surface area contributed by atoms with Crippen LogP contribution in [0.15, 0.2) is 42.9 Å². The molecule has 0 bridgehead atoms. The highest BCUT2D eigenvalue weighted by Crippen LogP contribution is 2.30. The van der Waals surface area contributed by atoms with Crippen LogP contribution in [0.5, 0.6) is 0 Å². The molecule has 1 aliphatic rings. The fourth-order valence-electron chi connectivity index (χ4n) is 3.47. The summed E-state index contributed by atoms with van der Waals surface area (Å²) in [4.78, 5) is 11.1. The summed E-state index contributed by atoms with van der Waals surface area (Å²) in [5, 5.41) is 12.9. The predicted octanol–water partition coefficient (Wildman–Crippen LogP) is 2.26. The molecular formula is C19H19N7O. The van der Waals surface area contributed by atoms with Gasteiger partial charge in [-0.05, 0) is 18.2 Å². The van der Waals surface area contributed by atoms with E-state index < -0.39 is 0 Å². The summed E-state index contributed by atoms with van der Waals surface area (Å²) in [6.07, 6.45) is 3.40. The number of hydrogen-bond donors (Lipinski definition) is 1. The Hall–Kier alpha value is -3.26. The molecule has 136 valence electrons. The molecule has 1 saturated heterocycles. The van der Waals surface area contributed by atoms with Gasteiger partial charge < -0.3 is 9.64 Å². The van der Waals surface area contributed by atoms with E-state index in [1.807, 2.05) is 29.9 Å². The zero-order valence-corrected chi connectivity index (χ0v) is 15.0. The van der Waals surface area contributed by atoms with Gasteiger partial charge in [0, 0.05) is 43.4 Å². The third kappa shape index (κ3) is 2.83. The number of aryl methyl sites for hydroxylation is 1. The van der Waals surface area contributed by atoms with Crippen molar-refractivity contribution in [2.45, 2.75) is 0 Å². The van der Waals surface area contributed by atoms with Crippen molar-refractivity contribution in [3.05, 3.63) is 42.9 Å². The zero-order chi connectivity index (χ0) is 18.2. The van der Waals surface area contributed by atoms with Crippen LogP contribution in [0.4, 0.5) is 5.82 Å². The first-order chi connectivity index (χ1) is 13.3. The van der Waals surface area contributed by atoms with Crippen molar-refractivity contribution in [1.82, 2.24) is 29.9 Å². The molecule has 1 fully saturated rings. The van der Waals surface area contributed by atoms with Crippen molar-refractivity contribution >= 4 is 16.7 Å². The highest BCUT2D eigenvalue weighted by Gasteiger charge is 2.16. The molecule has 0 unspecified atom stereocenters. The van der Waals surface area contributed by atoms with Crippen molar-refractivity contribution in [3.63, 3.8) is 0 Å². The van der Waals surface area contributed by atoms with Gasteiger partial charge in [0.05, 0.1) is 30.1 Å². The Morgan fingerprint density at radius 1 is 1.07 bits per heavy atom. The standard InChI is InChI=1S/C19H19N7O/c1-25-17(4-5-22-25)13-2-3-15-14(10-13)19(24-23-15)16-11-18(21-12-20-16)26-6-8-27-9-7-26/h2-5,10-12H,6-9H2,1H3,(H,23,24). The molecular weight excluding hydrogens is 342 g/mol. The van der Waals surface area contributed by atoms with Gasteiger partial charge in [-0.25, -0.2) is 9.97 Å². The second-order valence-electron chi connectivity index (χ2n) is 6.53. The lowest BCUT2D eigenvalue weighted by Gasteiger charge is -2.27. The zero-order valence-electron chi connectivity index (χ0n) is 15.0. The maximum absolute atomic E-state index is 5.43. The summed E-state index contributed by atoms with van der Waals surface area (Å²) in [6.45, 7) is 3.11. The smallest absolute Gasteiger partial charge is 0.132 e. The Balaban J connectivity index is 1.58. The monoisotopic (exact) mass is 361 g/mol. The Labute approximate surface area is 155 Å². The first kappa shape index (κ1) is 16.0. The number of aromatic nitrogens is 6. The molecule has 1 N–H and O–H groups in total. The molecule has 4 heterocycles. The number of ether oxygens (including phenoxy) is 1. The maximum Gasteiger partial charge on any atom is 0.132 e. The summed E-state index contributed by atoms with van der Waals surface area (Å²) in [7, 11) is 1.94. The minimum Gasteiger partial charge on any atom is -0.378 e. The molecule has 1 aromatic carbocycles. The number of hydrogen-bond acceptors (Lipinski definition) is 6. The third-order valence-corrected chi connectivity index (χ3v) is 4.91. The molecule has 0 atom stereocenters. The van der Waals surface area contributed by atoms with Crippen LogP contribution in [0.2, 0.25) is 0 Å². The number of morpholine rings is 1. The van der Waals surface area contributed by atoms with E-state index in [-0.39, 0.29) is 0 Å². The number of rotatable bonds is 3. The average Bonchev–Trinajstić information content (AvgIpc) is 3.34. The SMILES string of the molecule is Cn1nccc1-c1ccc2[nH]nc(-c3cc(N4CCOCC4)ncn3)c2c1. The summed E-state index contributed by atoms with van der Waals surface area (Å²) in [5.74, 6) is 0.905. The lowest BCUT2D eigenvalue weighted by atomic mass is 10.1. The molecule has 4 aromatic rings. The molecule has 0 radical (unpaired) electrons. The summed E-state index contributed by atoms with van der Waals surface area (Å²) >= 11 is 0. The van der Waals surface area contributed by atoms with Crippen molar-refractivity contribution in [2.75, 3.05) is 31.2 Å². The van der Waals surface area contributed by atoms with Crippen LogP contribution in [0.3, 0.4) is 0 Å². The first-order valence-corrected chi connectivity index (χ1v) is 8.91. The summed E-state index contributed by atoms with van der Waals surface area (Å²) in [5.41, 5.74) is 4.75. The number of anilines is 1. The van der Waals surface area contributed by atoms with Gasteiger partial charge in [-0.2, -0.15) is 10.2 Å². The van der Waals surface area contributed by atoms with E-state index in [4.69, 9.17) is 4.74 Å². The number of aromatic amines is 1. The highest BCUT2D eigenvalue weighted by atomic mass is 16.5. The predicted molar refractivity (Wildman–Crippen MR) is 102 cm³/mol. The van der Waals surface area contributed by atoms with Gasteiger partial charge in [-0.15, -0.1) is 0 Å². The molecule has 0 amide bonds. The van der Waals surface area contributed by atoms with E-state index in [0.717, 1.165) is 65.7 Å². The van der Waals surface area contributed by atoms with Crippen LogP contribution in [-0.4, -0.2) is 56.2 Å². The molecule has 0 spiro atoms. The largest absolute Gasteiger partial charge is 0.378 e. The third-order valence-electron chi connectivity index (χ3n) is 4.91. The van der Waals surface area contributed by atoms with E-state index in [9.17, 15) is 0 Å². The number of benzene rings is 1. The fourth-order valence-corrected chi connectivity index (χ4v) is 3.47. The number of H-pyrrole nitrogens is 1. The molecule has 5 rings (SSSR count). The topological polar surface area (TPSA) is 84.8 Å². The minimum absolute atomic E-state index is 0.721. The lowest BCUT2D eigenvalue weighted by molar-refractivity contribution is 0.122. The Morgan fingerprint density at radius 2 is 1.96 bits per heavy atom. The summed E-state index contributed by atoms with van der Waals surface area (Å²) in [6, 6.07) is 10.2. The molecule has 8 nitrogen and oxygen atoms in total. The lowest BCUT2D eigenvalue weighted by Crippen LogP contribution is -2.36. The first-order valence-electron chi connectivity index (χ1n) is 8.91. The number of nitrogens with one attached hydrogen (secondary N) is 1. The fraction of sp³-hybridized carbons (Fsp3) is 0.263. The van der Waals surface area contributed by atoms with Gasteiger partial charge in [0.1, 0.15) is 17.8 Å². The molecule has 27 heavy (non-hydrogen) atoms. The Bertz CT molecular complexity index is 1090. The van der Waals surface area contributed by atoms with Crippen molar-refractivity contribution in [2.24, 2.45) is 7.05 Å². The van der Waals surface area contributed by atoms with E-state index in [1.165, 1.54) is 0 Å². The van der Waals surface area contributed by atoms with Gasteiger partial charge in [-0.1, -0.05) is 6.07 Å². The van der Waals surface area contributed by atoms with Crippen LogP contribution in [0.1, 0.15) is 0 Å². The quantitative estimate of drug-likeness (QED) is 0.602. The van der Waals surface area contributed by atoms with Gasteiger partial charge in [0.15, 0.2) is 0 Å². The van der Waals surface area contributed by atoms with E-state index in [0.29, 0.717) is 0 Å². The van der Waals surface area contributed by atoms with Gasteiger partial charge in [0.25, 0.3) is 0 Å². The number of fused-ring (bicyclic) bond motifs is 1. The molecule has 0 saturated carbocycles. The van der Waals surface area contributed by atoms with Crippen LogP contribution >= 0.6 is 0 Å². The molecule has 8 heteroatoms. The van der Waals surface area contributed by atoms with Crippen LogP contribution in [0.25, 0.3) is 33.5 Å². The molecule has 3 aromatic heterocycles. The second kappa shape index (κ2) is 6.48.